The van der Waals surface area contributed by atoms with E-state index in [1.165, 1.54) is 24.9 Å². The van der Waals surface area contributed by atoms with E-state index in [0.29, 0.717) is 28.6 Å². The topological polar surface area (TPSA) is 123 Å². The Hall–Kier alpha value is -3.66. The number of methoxy groups -OCH3 is 1. The predicted molar refractivity (Wildman–Crippen MR) is 124 cm³/mol. The van der Waals surface area contributed by atoms with Gasteiger partial charge in [-0.05, 0) is 54.3 Å². The van der Waals surface area contributed by atoms with Gasteiger partial charge in [0.25, 0.3) is 11.8 Å². The van der Waals surface area contributed by atoms with Crippen LogP contribution in [0.5, 0.6) is 17.2 Å². The number of hydrogen-bond donors (Lipinski definition) is 3. The maximum Gasteiger partial charge on any atom is 0.326 e. The number of carbonyl (C=O) groups excluding carboxylic acids is 2. The lowest BCUT2D eigenvalue weighted by atomic mass is 10.1. The van der Waals surface area contributed by atoms with Gasteiger partial charge in [-0.1, -0.05) is 18.2 Å². The minimum Gasteiger partial charge on any atom is -0.496 e. The second-order valence-electron chi connectivity index (χ2n) is 6.97. The van der Waals surface area contributed by atoms with Crippen LogP contribution in [0.1, 0.15) is 22.3 Å². The number of carbonyl (C=O) groups is 3. The number of nitrogens with one attached hydrogen (secondary N) is 2. The lowest BCUT2D eigenvalue weighted by Gasteiger charge is -2.17. The van der Waals surface area contributed by atoms with Crippen molar-refractivity contribution in [1.29, 1.82) is 0 Å². The van der Waals surface area contributed by atoms with Crippen molar-refractivity contribution in [2.75, 3.05) is 25.9 Å². The predicted octanol–water partition coefficient (Wildman–Crippen LogP) is 2.52. The summed E-state index contributed by atoms with van der Waals surface area (Å²) in [6, 6.07) is 10.5. The van der Waals surface area contributed by atoms with E-state index < -0.39 is 23.8 Å². The van der Waals surface area contributed by atoms with Gasteiger partial charge < -0.3 is 30.0 Å². The van der Waals surface area contributed by atoms with Crippen LogP contribution in [0.25, 0.3) is 6.08 Å². The van der Waals surface area contributed by atoms with Gasteiger partial charge in [0, 0.05) is 0 Å². The van der Waals surface area contributed by atoms with Crippen LogP contribution < -0.4 is 24.8 Å². The van der Waals surface area contributed by atoms with Crippen molar-refractivity contribution >= 4 is 35.6 Å². The lowest BCUT2D eigenvalue weighted by Crippen LogP contribution is -2.44. The highest BCUT2D eigenvalue weighted by Crippen LogP contribution is 2.33. The van der Waals surface area contributed by atoms with Crippen molar-refractivity contribution in [3.05, 3.63) is 59.3 Å². The molecule has 0 aromatic heterocycles. The molecule has 3 rings (SSSR count). The second kappa shape index (κ2) is 11.3. The molecule has 0 fully saturated rings. The fourth-order valence-electron chi connectivity index (χ4n) is 3.08. The van der Waals surface area contributed by atoms with Crippen LogP contribution in [0.3, 0.4) is 0 Å². The maximum absolute atomic E-state index is 13.0. The fraction of sp³-hybridized carbons (Fsp3) is 0.261. The summed E-state index contributed by atoms with van der Waals surface area (Å²) in [5.74, 6) is -0.513. The van der Waals surface area contributed by atoms with E-state index in [2.05, 4.69) is 10.6 Å². The molecule has 0 spiro atoms. The van der Waals surface area contributed by atoms with Gasteiger partial charge in [0.2, 0.25) is 6.79 Å². The van der Waals surface area contributed by atoms with Crippen molar-refractivity contribution in [3.8, 4) is 17.2 Å². The lowest BCUT2D eigenvalue weighted by molar-refractivity contribution is -0.141. The molecule has 174 valence electrons. The summed E-state index contributed by atoms with van der Waals surface area (Å²) in [5.41, 5.74) is 0.655. The fourth-order valence-corrected chi connectivity index (χ4v) is 3.55. The highest BCUT2D eigenvalue weighted by atomic mass is 32.2. The summed E-state index contributed by atoms with van der Waals surface area (Å²) in [6.07, 6.45) is 3.53. The van der Waals surface area contributed by atoms with Crippen LogP contribution in [0.4, 0.5) is 0 Å². The van der Waals surface area contributed by atoms with E-state index in [4.69, 9.17) is 14.2 Å². The van der Waals surface area contributed by atoms with Crippen LogP contribution in [0.15, 0.2) is 48.2 Å². The summed E-state index contributed by atoms with van der Waals surface area (Å²) >= 11 is 1.47. The van der Waals surface area contributed by atoms with Crippen molar-refractivity contribution < 1.29 is 33.7 Å². The van der Waals surface area contributed by atoms with Gasteiger partial charge in [-0.3, -0.25) is 9.59 Å². The average molecular weight is 473 g/mol. The number of ether oxygens (including phenoxy) is 3. The van der Waals surface area contributed by atoms with E-state index in [0.717, 1.165) is 0 Å². The minimum atomic E-state index is -1.16. The normalized spacial score (nSPS) is 13.2. The molecule has 0 aliphatic carbocycles. The molecule has 10 heteroatoms. The van der Waals surface area contributed by atoms with Crippen LogP contribution in [-0.4, -0.2) is 54.8 Å². The standard InChI is InChI=1S/C23H24N2O7S/c1-30-18-6-4-3-5-15(18)21(26)25-17(22(27)24-16(23(28)29)9-10-33-2)11-14-7-8-19-20(12-14)32-13-31-19/h3-8,11-12,16H,9-10,13H2,1-2H3,(H,24,27)(H,25,26)(H,28,29)/b17-11-. The molecule has 1 aliphatic rings. The molecule has 0 saturated carbocycles. The highest BCUT2D eigenvalue weighted by molar-refractivity contribution is 7.98. The molecule has 3 N–H and O–H groups in total. The molecule has 0 saturated heterocycles. The van der Waals surface area contributed by atoms with Crippen LogP contribution in [0.2, 0.25) is 0 Å². The van der Waals surface area contributed by atoms with E-state index in [1.807, 2.05) is 6.26 Å². The molecular weight excluding hydrogens is 448 g/mol. The van der Waals surface area contributed by atoms with Gasteiger partial charge in [0.05, 0.1) is 12.7 Å². The zero-order valence-corrected chi connectivity index (χ0v) is 18.9. The van der Waals surface area contributed by atoms with E-state index >= 15 is 0 Å². The molecule has 1 heterocycles. The van der Waals surface area contributed by atoms with Crippen molar-refractivity contribution in [1.82, 2.24) is 10.6 Å². The summed E-state index contributed by atoms with van der Waals surface area (Å²) in [5, 5.41) is 14.5. The number of para-hydroxylation sites is 1. The van der Waals surface area contributed by atoms with E-state index in [1.54, 1.807) is 42.5 Å². The number of carboxylic acid groups (broad SMARTS) is 1. The van der Waals surface area contributed by atoms with E-state index in [9.17, 15) is 19.5 Å². The Kier molecular flexibility index (Phi) is 8.20. The number of benzene rings is 2. The number of rotatable bonds is 10. The Morgan fingerprint density at radius 3 is 2.67 bits per heavy atom. The van der Waals surface area contributed by atoms with Gasteiger partial charge in [-0.15, -0.1) is 0 Å². The van der Waals surface area contributed by atoms with Crippen LogP contribution in [0, 0.1) is 0 Å². The molecular formula is C23H24N2O7S. The Balaban J connectivity index is 1.90. The monoisotopic (exact) mass is 472 g/mol. The molecule has 1 unspecified atom stereocenters. The maximum atomic E-state index is 13.0. The second-order valence-corrected chi connectivity index (χ2v) is 7.96. The zero-order chi connectivity index (χ0) is 23.8. The van der Waals surface area contributed by atoms with Crippen molar-refractivity contribution in [2.45, 2.75) is 12.5 Å². The SMILES string of the molecule is COc1ccccc1C(=O)N/C(=C\c1ccc2c(c1)OCO2)C(=O)NC(CCSC)C(=O)O. The van der Waals surface area contributed by atoms with Gasteiger partial charge in [0.15, 0.2) is 11.5 Å². The molecule has 0 radical (unpaired) electrons. The van der Waals surface area contributed by atoms with Crippen molar-refractivity contribution in [2.24, 2.45) is 0 Å². The first-order chi connectivity index (χ1) is 15.9. The Labute approximate surface area is 195 Å². The smallest absolute Gasteiger partial charge is 0.326 e. The zero-order valence-electron chi connectivity index (χ0n) is 18.1. The number of fused-ring (bicyclic) bond motifs is 1. The Morgan fingerprint density at radius 1 is 1.18 bits per heavy atom. The third-order valence-corrected chi connectivity index (χ3v) is 5.41. The first kappa shape index (κ1) is 24.0. The third-order valence-electron chi connectivity index (χ3n) is 4.77. The summed E-state index contributed by atoms with van der Waals surface area (Å²) in [7, 11) is 1.44. The average Bonchev–Trinajstić information content (AvgIpc) is 3.28. The summed E-state index contributed by atoms with van der Waals surface area (Å²) < 4.78 is 15.9. The largest absolute Gasteiger partial charge is 0.496 e. The molecule has 1 atom stereocenters. The number of thioether (sulfide) groups is 1. The van der Waals surface area contributed by atoms with Crippen molar-refractivity contribution in [3.63, 3.8) is 0 Å². The minimum absolute atomic E-state index is 0.0934. The first-order valence-corrected chi connectivity index (χ1v) is 11.4. The quantitative estimate of drug-likeness (QED) is 0.451. The van der Waals surface area contributed by atoms with Gasteiger partial charge in [0.1, 0.15) is 17.5 Å². The molecule has 2 aromatic rings. The molecule has 0 bridgehead atoms. The van der Waals surface area contributed by atoms with Crippen LogP contribution in [-0.2, 0) is 9.59 Å². The first-order valence-electron chi connectivity index (χ1n) is 10.0. The highest BCUT2D eigenvalue weighted by Gasteiger charge is 2.24. The molecule has 33 heavy (non-hydrogen) atoms. The van der Waals surface area contributed by atoms with Crippen LogP contribution >= 0.6 is 11.8 Å². The molecule has 2 aromatic carbocycles. The Bertz CT molecular complexity index is 1070. The molecule has 2 amide bonds. The molecule has 9 nitrogen and oxygen atoms in total. The third kappa shape index (κ3) is 6.19. The summed E-state index contributed by atoms with van der Waals surface area (Å²) in [4.78, 5) is 37.6. The van der Waals surface area contributed by atoms with Gasteiger partial charge in [-0.25, -0.2) is 4.79 Å². The van der Waals surface area contributed by atoms with E-state index in [-0.39, 0.29) is 24.5 Å². The number of amides is 2. The molecule has 1 aliphatic heterocycles. The van der Waals surface area contributed by atoms with Gasteiger partial charge >= 0.3 is 5.97 Å². The number of carboxylic acids is 1. The number of hydrogen-bond acceptors (Lipinski definition) is 7. The number of aliphatic carboxylic acids is 1. The van der Waals surface area contributed by atoms with Gasteiger partial charge in [-0.2, -0.15) is 11.8 Å². The Morgan fingerprint density at radius 2 is 1.94 bits per heavy atom. The summed E-state index contributed by atoms with van der Waals surface area (Å²) in [6.45, 7) is 0.0934.